The lowest BCUT2D eigenvalue weighted by Gasteiger charge is -2.10. The van der Waals surface area contributed by atoms with Gasteiger partial charge >= 0.3 is 6.61 Å². The van der Waals surface area contributed by atoms with Crippen molar-refractivity contribution in [1.29, 1.82) is 0 Å². The van der Waals surface area contributed by atoms with Crippen molar-refractivity contribution in [3.8, 4) is 11.5 Å². The van der Waals surface area contributed by atoms with Gasteiger partial charge in [0.2, 0.25) is 0 Å². The SMILES string of the molecule is Oc1ccc(CNc2ccc(OC(F)F)c(F)c2)cc1Br. The van der Waals surface area contributed by atoms with Crippen LogP contribution in [0, 0.1) is 5.82 Å². The number of halogens is 4. The van der Waals surface area contributed by atoms with Gasteiger partial charge in [-0.3, -0.25) is 0 Å². The zero-order valence-corrected chi connectivity index (χ0v) is 12.2. The van der Waals surface area contributed by atoms with Gasteiger partial charge in [0, 0.05) is 18.3 Å². The van der Waals surface area contributed by atoms with Crippen LogP contribution in [0.25, 0.3) is 0 Å². The second kappa shape index (κ2) is 6.71. The molecule has 0 fully saturated rings. The van der Waals surface area contributed by atoms with Crippen LogP contribution in [0.5, 0.6) is 11.5 Å². The van der Waals surface area contributed by atoms with Gasteiger partial charge in [0.25, 0.3) is 0 Å². The minimum Gasteiger partial charge on any atom is -0.507 e. The molecule has 0 unspecified atom stereocenters. The van der Waals surface area contributed by atoms with Crippen molar-refractivity contribution in [3.63, 3.8) is 0 Å². The zero-order valence-electron chi connectivity index (χ0n) is 10.6. The molecule has 0 atom stereocenters. The van der Waals surface area contributed by atoms with Crippen LogP contribution in [-0.2, 0) is 6.54 Å². The molecule has 0 aliphatic carbocycles. The van der Waals surface area contributed by atoms with E-state index in [4.69, 9.17) is 0 Å². The van der Waals surface area contributed by atoms with Crippen LogP contribution < -0.4 is 10.1 Å². The fourth-order valence-electron chi connectivity index (χ4n) is 1.67. The molecule has 2 N–H and O–H groups in total. The van der Waals surface area contributed by atoms with Crippen LogP contribution >= 0.6 is 15.9 Å². The summed E-state index contributed by atoms with van der Waals surface area (Å²) in [5.74, 6) is -1.24. The molecule has 0 aromatic heterocycles. The molecule has 0 spiro atoms. The third kappa shape index (κ3) is 4.29. The normalized spacial score (nSPS) is 10.7. The van der Waals surface area contributed by atoms with Crippen LogP contribution in [0.2, 0.25) is 0 Å². The number of rotatable bonds is 5. The fourth-order valence-corrected chi connectivity index (χ4v) is 2.09. The molecular weight excluding hydrogens is 351 g/mol. The highest BCUT2D eigenvalue weighted by molar-refractivity contribution is 9.10. The summed E-state index contributed by atoms with van der Waals surface area (Å²) >= 11 is 3.19. The molecule has 7 heteroatoms. The second-order valence-electron chi connectivity index (χ2n) is 4.16. The van der Waals surface area contributed by atoms with Crippen molar-refractivity contribution in [3.05, 3.63) is 52.3 Å². The van der Waals surface area contributed by atoms with Gasteiger partial charge in [-0.2, -0.15) is 8.78 Å². The number of hydrogen-bond acceptors (Lipinski definition) is 3. The van der Waals surface area contributed by atoms with E-state index in [-0.39, 0.29) is 5.75 Å². The molecule has 0 aliphatic rings. The van der Waals surface area contributed by atoms with Crippen molar-refractivity contribution in [2.24, 2.45) is 0 Å². The second-order valence-corrected chi connectivity index (χ2v) is 5.02. The number of anilines is 1. The van der Waals surface area contributed by atoms with Gasteiger partial charge in [0.1, 0.15) is 5.75 Å². The fraction of sp³-hybridized carbons (Fsp3) is 0.143. The van der Waals surface area contributed by atoms with Gasteiger partial charge in [0.05, 0.1) is 4.47 Å². The highest BCUT2D eigenvalue weighted by Gasteiger charge is 2.10. The predicted molar refractivity (Wildman–Crippen MR) is 76.2 cm³/mol. The number of phenolic OH excluding ortho intramolecular Hbond substituents is 1. The number of benzene rings is 2. The Kier molecular flexibility index (Phi) is 4.95. The first kappa shape index (κ1) is 15.5. The summed E-state index contributed by atoms with van der Waals surface area (Å²) in [6.45, 7) is -2.68. The Balaban J connectivity index is 2.03. The molecule has 0 saturated carbocycles. The number of ether oxygens (including phenoxy) is 1. The Morgan fingerprint density at radius 1 is 1.19 bits per heavy atom. The van der Waals surface area contributed by atoms with Crippen molar-refractivity contribution < 1.29 is 23.0 Å². The molecule has 2 rings (SSSR count). The summed E-state index contributed by atoms with van der Waals surface area (Å²) in [4.78, 5) is 0. The maximum atomic E-state index is 13.5. The van der Waals surface area contributed by atoms with Crippen molar-refractivity contribution >= 4 is 21.6 Å². The highest BCUT2D eigenvalue weighted by Crippen LogP contribution is 2.26. The Morgan fingerprint density at radius 3 is 2.57 bits per heavy atom. The predicted octanol–water partition coefficient (Wildman–Crippen LogP) is 4.51. The van der Waals surface area contributed by atoms with E-state index in [2.05, 4.69) is 26.0 Å². The van der Waals surface area contributed by atoms with Gasteiger partial charge in [-0.15, -0.1) is 0 Å². The Morgan fingerprint density at radius 2 is 1.95 bits per heavy atom. The molecule has 0 saturated heterocycles. The zero-order chi connectivity index (χ0) is 15.4. The smallest absolute Gasteiger partial charge is 0.387 e. The molecule has 21 heavy (non-hydrogen) atoms. The molecule has 0 amide bonds. The van der Waals surface area contributed by atoms with Gasteiger partial charge < -0.3 is 15.2 Å². The molecule has 112 valence electrons. The first-order valence-corrected chi connectivity index (χ1v) is 6.70. The van der Waals surface area contributed by atoms with Gasteiger partial charge in [0.15, 0.2) is 11.6 Å². The maximum Gasteiger partial charge on any atom is 0.387 e. The quantitative estimate of drug-likeness (QED) is 0.823. The van der Waals surface area contributed by atoms with Crippen LogP contribution in [0.1, 0.15) is 5.56 Å². The lowest BCUT2D eigenvalue weighted by Crippen LogP contribution is -2.05. The van der Waals surface area contributed by atoms with Crippen molar-refractivity contribution in [2.45, 2.75) is 13.2 Å². The van der Waals surface area contributed by atoms with Crippen LogP contribution in [0.3, 0.4) is 0 Å². The average Bonchev–Trinajstić information content (AvgIpc) is 2.42. The van der Waals surface area contributed by atoms with E-state index < -0.39 is 18.2 Å². The van der Waals surface area contributed by atoms with Gasteiger partial charge in [-0.05, 0) is 45.8 Å². The topological polar surface area (TPSA) is 41.5 Å². The lowest BCUT2D eigenvalue weighted by molar-refractivity contribution is -0.0521. The Hall–Kier alpha value is -1.89. The van der Waals surface area contributed by atoms with E-state index in [0.717, 1.165) is 17.7 Å². The van der Waals surface area contributed by atoms with Crippen molar-refractivity contribution in [2.75, 3.05) is 5.32 Å². The van der Waals surface area contributed by atoms with E-state index in [1.807, 2.05) is 0 Å². The maximum absolute atomic E-state index is 13.5. The molecule has 2 aromatic rings. The summed E-state index contributed by atoms with van der Waals surface area (Å²) in [5, 5.41) is 12.3. The molecule has 2 aromatic carbocycles. The molecular formula is C14H11BrF3NO2. The van der Waals surface area contributed by atoms with Crippen LogP contribution in [0.4, 0.5) is 18.9 Å². The summed E-state index contributed by atoms with van der Waals surface area (Å²) in [7, 11) is 0. The van der Waals surface area contributed by atoms with E-state index >= 15 is 0 Å². The molecule has 0 heterocycles. The summed E-state index contributed by atoms with van der Waals surface area (Å²) in [6.07, 6.45) is 0. The van der Waals surface area contributed by atoms with E-state index in [0.29, 0.717) is 16.7 Å². The molecule has 0 aliphatic heterocycles. The minimum atomic E-state index is -3.06. The monoisotopic (exact) mass is 361 g/mol. The van der Waals surface area contributed by atoms with E-state index in [1.165, 1.54) is 12.1 Å². The Labute approximate surface area is 127 Å². The number of aromatic hydroxyl groups is 1. The van der Waals surface area contributed by atoms with Crippen LogP contribution in [0.15, 0.2) is 40.9 Å². The highest BCUT2D eigenvalue weighted by atomic mass is 79.9. The summed E-state index contributed by atoms with van der Waals surface area (Å²) < 4.78 is 42.1. The largest absolute Gasteiger partial charge is 0.507 e. The van der Waals surface area contributed by atoms with Crippen molar-refractivity contribution in [1.82, 2.24) is 0 Å². The first-order chi connectivity index (χ1) is 9.95. The average molecular weight is 362 g/mol. The van der Waals surface area contributed by atoms with Gasteiger partial charge in [-0.1, -0.05) is 6.07 Å². The summed E-state index contributed by atoms with van der Waals surface area (Å²) in [6, 6.07) is 8.60. The van der Waals surface area contributed by atoms with Gasteiger partial charge in [-0.25, -0.2) is 4.39 Å². The lowest BCUT2D eigenvalue weighted by atomic mass is 10.2. The third-order valence-electron chi connectivity index (χ3n) is 2.66. The van der Waals surface area contributed by atoms with E-state index in [9.17, 15) is 18.3 Å². The molecule has 0 bridgehead atoms. The van der Waals surface area contributed by atoms with Crippen LogP contribution in [-0.4, -0.2) is 11.7 Å². The number of hydrogen-bond donors (Lipinski definition) is 2. The standard InChI is InChI=1S/C14H11BrF3NO2/c15-10-5-8(1-3-12(10)20)7-19-9-2-4-13(11(16)6-9)21-14(17)18/h1-6,14,19-20H,7H2. The number of nitrogens with one attached hydrogen (secondary N) is 1. The first-order valence-electron chi connectivity index (χ1n) is 5.91. The molecule has 3 nitrogen and oxygen atoms in total. The minimum absolute atomic E-state index is 0.123. The Bertz CT molecular complexity index is 638. The van der Waals surface area contributed by atoms with E-state index in [1.54, 1.807) is 12.1 Å². The number of alkyl halides is 2. The third-order valence-corrected chi connectivity index (χ3v) is 3.29. The number of phenols is 1. The summed E-state index contributed by atoms with van der Waals surface area (Å²) in [5.41, 5.74) is 1.28. The molecule has 0 radical (unpaired) electrons.